The fourth-order valence-electron chi connectivity index (χ4n) is 2.10. The van der Waals surface area contributed by atoms with Crippen LogP contribution in [0, 0.1) is 0 Å². The Bertz CT molecular complexity index is 487. The predicted octanol–water partition coefficient (Wildman–Crippen LogP) is 1.01. The van der Waals surface area contributed by atoms with Gasteiger partial charge in [-0.05, 0) is 30.5 Å². The average molecular weight is 279 g/mol. The number of benzene rings is 1. The van der Waals surface area contributed by atoms with Crippen molar-refractivity contribution in [2.75, 3.05) is 19.6 Å². The summed E-state index contributed by atoms with van der Waals surface area (Å²) in [7, 11) is 0. The fraction of sp³-hybridized carbons (Fsp3) is 0.429. The van der Waals surface area contributed by atoms with E-state index in [1.165, 1.54) is 6.07 Å². The van der Waals surface area contributed by atoms with E-state index in [9.17, 15) is 14.0 Å². The molecule has 0 atom stereocenters. The third-order valence-corrected chi connectivity index (χ3v) is 3.14. The molecular formula is C14H18FN3O2. The summed E-state index contributed by atoms with van der Waals surface area (Å²) in [5, 5.41) is 4.37. The molecule has 1 fully saturated rings. The first-order valence-corrected chi connectivity index (χ1v) is 6.66. The van der Waals surface area contributed by atoms with Gasteiger partial charge in [0.1, 0.15) is 6.67 Å². The van der Waals surface area contributed by atoms with E-state index in [0.29, 0.717) is 11.1 Å². The molecule has 0 radical (unpaired) electrons. The highest BCUT2D eigenvalue weighted by Crippen LogP contribution is 2.06. The lowest BCUT2D eigenvalue weighted by Gasteiger charge is -2.16. The highest BCUT2D eigenvalue weighted by Gasteiger charge is 2.14. The van der Waals surface area contributed by atoms with Crippen molar-refractivity contribution in [2.24, 2.45) is 0 Å². The number of nitrogens with zero attached hydrogens (tertiary/aromatic N) is 1. The number of hydrogen-bond acceptors (Lipinski definition) is 3. The largest absolute Gasteiger partial charge is 0.343 e. The number of hydrogen-bond donors (Lipinski definition) is 2. The average Bonchev–Trinajstić information content (AvgIpc) is 2.97. The summed E-state index contributed by atoms with van der Waals surface area (Å²) in [5.41, 5.74) is 3.53. The second kappa shape index (κ2) is 7.00. The Morgan fingerprint density at radius 2 is 2.00 bits per heavy atom. The summed E-state index contributed by atoms with van der Waals surface area (Å²) in [5.74, 6) is -0.626. The van der Waals surface area contributed by atoms with Crippen LogP contribution in [0.15, 0.2) is 24.3 Å². The predicted molar refractivity (Wildman–Crippen MR) is 72.5 cm³/mol. The number of rotatable bonds is 5. The van der Waals surface area contributed by atoms with Gasteiger partial charge in [0, 0.05) is 18.7 Å². The number of hydrazine groups is 1. The van der Waals surface area contributed by atoms with Crippen LogP contribution < -0.4 is 10.7 Å². The number of nitrogens with one attached hydrogen (secondary N) is 2. The lowest BCUT2D eigenvalue weighted by Crippen LogP contribution is -2.45. The first-order chi connectivity index (χ1) is 9.69. The zero-order chi connectivity index (χ0) is 14.4. The Balaban J connectivity index is 1.80. The number of halogens is 1. The third-order valence-electron chi connectivity index (χ3n) is 3.14. The molecule has 1 aliphatic heterocycles. The minimum atomic E-state index is -0.615. The molecule has 0 unspecified atom stereocenters. The fourth-order valence-corrected chi connectivity index (χ4v) is 2.10. The third kappa shape index (κ3) is 4.03. The number of alkyl halides is 1. The number of amides is 2. The quantitative estimate of drug-likeness (QED) is 0.845. The molecule has 2 amide bonds. The lowest BCUT2D eigenvalue weighted by molar-refractivity contribution is -0.124. The molecule has 1 heterocycles. The maximum atomic E-state index is 12.5. The second-order valence-corrected chi connectivity index (χ2v) is 4.75. The normalized spacial score (nSPS) is 15.1. The SMILES string of the molecule is O=C(CNC(=O)c1cccc(CF)c1)NN1CCCC1. The van der Waals surface area contributed by atoms with Gasteiger partial charge in [0.05, 0.1) is 6.54 Å². The lowest BCUT2D eigenvalue weighted by atomic mass is 10.1. The molecule has 0 aliphatic carbocycles. The van der Waals surface area contributed by atoms with Crippen molar-refractivity contribution in [3.8, 4) is 0 Å². The van der Waals surface area contributed by atoms with Crippen LogP contribution in [0.3, 0.4) is 0 Å². The topological polar surface area (TPSA) is 61.4 Å². The van der Waals surface area contributed by atoms with Gasteiger partial charge in [0.2, 0.25) is 0 Å². The number of carbonyl (C=O) groups is 2. The van der Waals surface area contributed by atoms with Gasteiger partial charge in [-0.15, -0.1) is 0 Å². The van der Waals surface area contributed by atoms with E-state index >= 15 is 0 Å². The van der Waals surface area contributed by atoms with Crippen molar-refractivity contribution >= 4 is 11.8 Å². The van der Waals surface area contributed by atoms with Crippen molar-refractivity contribution in [1.29, 1.82) is 0 Å². The molecule has 20 heavy (non-hydrogen) atoms. The Morgan fingerprint density at radius 3 is 2.70 bits per heavy atom. The molecule has 0 aromatic heterocycles. The van der Waals surface area contributed by atoms with Crippen LogP contribution >= 0.6 is 0 Å². The molecule has 1 aliphatic rings. The Labute approximate surface area is 117 Å². The van der Waals surface area contributed by atoms with E-state index in [0.717, 1.165) is 25.9 Å². The van der Waals surface area contributed by atoms with E-state index in [-0.39, 0.29) is 18.4 Å². The molecule has 0 saturated carbocycles. The summed E-state index contributed by atoms with van der Waals surface area (Å²) < 4.78 is 12.5. The van der Waals surface area contributed by atoms with Gasteiger partial charge in [-0.2, -0.15) is 0 Å². The first-order valence-electron chi connectivity index (χ1n) is 6.66. The Kier molecular flexibility index (Phi) is 5.06. The van der Waals surface area contributed by atoms with Gasteiger partial charge in [-0.3, -0.25) is 15.0 Å². The van der Waals surface area contributed by atoms with Crippen LogP contribution in [0.4, 0.5) is 4.39 Å². The second-order valence-electron chi connectivity index (χ2n) is 4.75. The molecule has 1 aromatic rings. The standard InChI is InChI=1S/C14H18FN3O2/c15-9-11-4-3-5-12(8-11)14(20)16-10-13(19)17-18-6-1-2-7-18/h3-5,8H,1-2,6-7,9-10H2,(H,16,20)(H,17,19). The van der Waals surface area contributed by atoms with Crippen molar-refractivity contribution in [2.45, 2.75) is 19.5 Å². The van der Waals surface area contributed by atoms with E-state index < -0.39 is 6.67 Å². The summed E-state index contributed by atoms with van der Waals surface area (Å²) in [4.78, 5) is 23.5. The highest BCUT2D eigenvalue weighted by atomic mass is 19.1. The zero-order valence-electron chi connectivity index (χ0n) is 11.2. The minimum absolute atomic E-state index is 0.0881. The highest BCUT2D eigenvalue weighted by molar-refractivity contribution is 5.96. The molecule has 0 spiro atoms. The van der Waals surface area contributed by atoms with Gasteiger partial charge >= 0.3 is 0 Å². The van der Waals surface area contributed by atoms with E-state index in [1.807, 2.05) is 5.01 Å². The van der Waals surface area contributed by atoms with Gasteiger partial charge in [0.15, 0.2) is 0 Å². The molecule has 2 N–H and O–H groups in total. The van der Waals surface area contributed by atoms with Gasteiger partial charge in [0.25, 0.3) is 11.8 Å². The van der Waals surface area contributed by atoms with Gasteiger partial charge < -0.3 is 5.32 Å². The molecule has 5 nitrogen and oxygen atoms in total. The van der Waals surface area contributed by atoms with Crippen LogP contribution in [0.25, 0.3) is 0 Å². The zero-order valence-corrected chi connectivity index (χ0v) is 11.2. The summed E-state index contributed by atoms with van der Waals surface area (Å²) in [6, 6.07) is 6.30. The van der Waals surface area contributed by atoms with E-state index in [1.54, 1.807) is 18.2 Å². The summed E-state index contributed by atoms with van der Waals surface area (Å²) in [6.07, 6.45) is 2.14. The Hall–Kier alpha value is -1.95. The molecule has 1 aromatic carbocycles. The van der Waals surface area contributed by atoms with Crippen LogP contribution in [0.2, 0.25) is 0 Å². The monoisotopic (exact) mass is 279 g/mol. The number of carbonyl (C=O) groups excluding carboxylic acids is 2. The van der Waals surface area contributed by atoms with Crippen molar-refractivity contribution in [1.82, 2.24) is 15.8 Å². The molecule has 108 valence electrons. The molecule has 2 rings (SSSR count). The smallest absolute Gasteiger partial charge is 0.253 e. The van der Waals surface area contributed by atoms with Crippen LogP contribution in [0.1, 0.15) is 28.8 Å². The maximum Gasteiger partial charge on any atom is 0.253 e. The van der Waals surface area contributed by atoms with Crippen molar-refractivity contribution in [3.63, 3.8) is 0 Å². The van der Waals surface area contributed by atoms with Gasteiger partial charge in [-0.1, -0.05) is 12.1 Å². The maximum absolute atomic E-state index is 12.5. The first kappa shape index (κ1) is 14.5. The van der Waals surface area contributed by atoms with Crippen LogP contribution in [0.5, 0.6) is 0 Å². The van der Waals surface area contributed by atoms with Crippen molar-refractivity contribution < 1.29 is 14.0 Å². The Morgan fingerprint density at radius 1 is 1.25 bits per heavy atom. The molecule has 1 saturated heterocycles. The van der Waals surface area contributed by atoms with Crippen molar-refractivity contribution in [3.05, 3.63) is 35.4 Å². The van der Waals surface area contributed by atoms with Crippen LogP contribution in [-0.2, 0) is 11.5 Å². The van der Waals surface area contributed by atoms with Crippen LogP contribution in [-0.4, -0.2) is 36.5 Å². The van der Waals surface area contributed by atoms with E-state index in [2.05, 4.69) is 10.7 Å². The van der Waals surface area contributed by atoms with E-state index in [4.69, 9.17) is 0 Å². The molecular weight excluding hydrogens is 261 g/mol. The minimum Gasteiger partial charge on any atom is -0.343 e. The molecule has 6 heteroatoms. The summed E-state index contributed by atoms with van der Waals surface area (Å²) in [6.45, 7) is 0.988. The van der Waals surface area contributed by atoms with Gasteiger partial charge in [-0.25, -0.2) is 9.40 Å². The molecule has 0 bridgehead atoms. The summed E-state index contributed by atoms with van der Waals surface area (Å²) >= 11 is 0.